The molecule has 3 aromatic carbocycles. The second-order valence-corrected chi connectivity index (χ2v) is 7.23. The lowest BCUT2D eigenvalue weighted by atomic mass is 10.1. The number of nitrogens with one attached hydrogen (secondary N) is 1. The van der Waals surface area contributed by atoms with Gasteiger partial charge in [-0.25, -0.2) is 4.98 Å². The molecule has 0 fully saturated rings. The van der Waals surface area contributed by atoms with Gasteiger partial charge in [-0.05, 0) is 36.8 Å². The third-order valence-corrected chi connectivity index (χ3v) is 4.93. The molecule has 1 heterocycles. The molecular formula is C24H22Cl2N2O2. The normalized spacial score (nSPS) is 10.4. The Hall–Kier alpha value is -2.95. The number of methoxy groups -OCH3 is 1. The van der Waals surface area contributed by atoms with Gasteiger partial charge in [0.1, 0.15) is 23.9 Å². The number of nitrogens with zero attached hydrogens (tertiary/aromatic N) is 1. The lowest BCUT2D eigenvalue weighted by Crippen LogP contribution is -1.96. The van der Waals surface area contributed by atoms with Crippen molar-refractivity contribution in [3.05, 3.63) is 89.1 Å². The minimum atomic E-state index is 0. The van der Waals surface area contributed by atoms with Gasteiger partial charge in [-0.3, -0.25) is 0 Å². The van der Waals surface area contributed by atoms with Gasteiger partial charge in [-0.1, -0.05) is 53.6 Å². The molecule has 0 bridgehead atoms. The van der Waals surface area contributed by atoms with Crippen LogP contribution < -0.4 is 9.47 Å². The van der Waals surface area contributed by atoms with Gasteiger partial charge in [0.05, 0.1) is 19.0 Å². The molecule has 4 rings (SSSR count). The van der Waals surface area contributed by atoms with E-state index in [1.807, 2.05) is 48.7 Å². The maximum atomic E-state index is 5.93. The van der Waals surface area contributed by atoms with E-state index < -0.39 is 0 Å². The van der Waals surface area contributed by atoms with Gasteiger partial charge in [-0.2, -0.15) is 0 Å². The molecule has 1 aromatic heterocycles. The molecule has 0 aliphatic rings. The molecule has 0 aliphatic heterocycles. The predicted molar refractivity (Wildman–Crippen MR) is 124 cm³/mol. The van der Waals surface area contributed by atoms with Crippen LogP contribution in [0.25, 0.3) is 22.6 Å². The Kier molecular flexibility index (Phi) is 7.03. The first-order valence-corrected chi connectivity index (χ1v) is 9.68. The Bertz CT molecular complexity index is 1110. The summed E-state index contributed by atoms with van der Waals surface area (Å²) < 4.78 is 11.5. The summed E-state index contributed by atoms with van der Waals surface area (Å²) in [6, 6.07) is 21.7. The molecule has 1 N–H and O–H groups in total. The highest BCUT2D eigenvalue weighted by molar-refractivity contribution is 6.30. The molecule has 4 aromatic rings. The summed E-state index contributed by atoms with van der Waals surface area (Å²) in [6.45, 7) is 2.53. The van der Waals surface area contributed by atoms with Crippen molar-refractivity contribution in [2.45, 2.75) is 13.5 Å². The highest BCUT2D eigenvalue weighted by Crippen LogP contribution is 2.33. The molecule has 0 aliphatic carbocycles. The number of H-pyrrole nitrogens is 1. The SMILES string of the molecule is COc1cc(OCc2ccc(Cl)cc2)ccc1-c1cnc(-c2ccc(C)cc2)[nH]1.Cl. The van der Waals surface area contributed by atoms with E-state index in [9.17, 15) is 0 Å². The number of rotatable bonds is 6. The fourth-order valence-electron chi connectivity index (χ4n) is 3.05. The highest BCUT2D eigenvalue weighted by Gasteiger charge is 2.12. The van der Waals surface area contributed by atoms with Crippen molar-refractivity contribution in [1.29, 1.82) is 0 Å². The van der Waals surface area contributed by atoms with Crippen LogP contribution in [-0.2, 0) is 6.61 Å². The molecule has 4 nitrogen and oxygen atoms in total. The van der Waals surface area contributed by atoms with Gasteiger partial charge in [0.25, 0.3) is 0 Å². The van der Waals surface area contributed by atoms with Gasteiger partial charge < -0.3 is 14.5 Å². The standard InChI is InChI=1S/C24H21ClN2O2.ClH/c1-16-3-7-18(8-4-16)24-26-14-22(27-24)21-12-11-20(13-23(21)28-2)29-15-17-5-9-19(25)10-6-17;/h3-14H,15H2,1-2H3,(H,26,27);1H. The number of aromatic nitrogens is 2. The zero-order valence-electron chi connectivity index (χ0n) is 16.7. The van der Waals surface area contributed by atoms with Crippen molar-refractivity contribution in [1.82, 2.24) is 9.97 Å². The Balaban J connectivity index is 0.00000256. The van der Waals surface area contributed by atoms with E-state index in [0.29, 0.717) is 11.6 Å². The third-order valence-electron chi connectivity index (χ3n) is 4.68. The summed E-state index contributed by atoms with van der Waals surface area (Å²) in [7, 11) is 1.65. The van der Waals surface area contributed by atoms with E-state index in [2.05, 4.69) is 41.2 Å². The number of imidazole rings is 1. The molecule has 0 saturated carbocycles. The number of benzene rings is 3. The first kappa shape index (κ1) is 21.8. The van der Waals surface area contributed by atoms with Crippen LogP contribution in [0.5, 0.6) is 11.5 Å². The average molecular weight is 441 g/mol. The van der Waals surface area contributed by atoms with E-state index in [4.69, 9.17) is 21.1 Å². The molecule has 154 valence electrons. The van der Waals surface area contributed by atoms with Crippen molar-refractivity contribution in [3.63, 3.8) is 0 Å². The van der Waals surface area contributed by atoms with Crippen LogP contribution >= 0.6 is 24.0 Å². The van der Waals surface area contributed by atoms with E-state index in [-0.39, 0.29) is 12.4 Å². The lowest BCUT2D eigenvalue weighted by Gasteiger charge is -2.11. The van der Waals surface area contributed by atoms with Crippen LogP contribution in [0.4, 0.5) is 0 Å². The first-order chi connectivity index (χ1) is 14.1. The van der Waals surface area contributed by atoms with Gasteiger partial charge >= 0.3 is 0 Å². The summed E-state index contributed by atoms with van der Waals surface area (Å²) >= 11 is 5.93. The minimum Gasteiger partial charge on any atom is -0.496 e. The smallest absolute Gasteiger partial charge is 0.137 e. The number of ether oxygens (including phenoxy) is 2. The highest BCUT2D eigenvalue weighted by atomic mass is 35.5. The Labute approximate surface area is 187 Å². The summed E-state index contributed by atoms with van der Waals surface area (Å²) in [5.74, 6) is 2.28. The number of aromatic amines is 1. The average Bonchev–Trinajstić information content (AvgIpc) is 3.23. The molecule has 0 spiro atoms. The van der Waals surface area contributed by atoms with Crippen molar-refractivity contribution >= 4 is 24.0 Å². The van der Waals surface area contributed by atoms with Crippen LogP contribution in [-0.4, -0.2) is 17.1 Å². The quantitative estimate of drug-likeness (QED) is 0.362. The molecule has 6 heteroatoms. The van der Waals surface area contributed by atoms with E-state index in [1.54, 1.807) is 7.11 Å². The topological polar surface area (TPSA) is 47.1 Å². The van der Waals surface area contributed by atoms with Gasteiger partial charge in [0, 0.05) is 22.2 Å². The van der Waals surface area contributed by atoms with Gasteiger partial charge in [0.15, 0.2) is 0 Å². The van der Waals surface area contributed by atoms with Gasteiger partial charge in [-0.15, -0.1) is 12.4 Å². The number of aryl methyl sites for hydroxylation is 1. The van der Waals surface area contributed by atoms with Crippen LogP contribution in [0.15, 0.2) is 72.9 Å². The molecule has 0 radical (unpaired) electrons. The fourth-order valence-corrected chi connectivity index (χ4v) is 3.17. The van der Waals surface area contributed by atoms with Gasteiger partial charge in [0.2, 0.25) is 0 Å². The maximum absolute atomic E-state index is 5.93. The number of hydrogen-bond donors (Lipinski definition) is 1. The van der Waals surface area contributed by atoms with Crippen LogP contribution in [0.2, 0.25) is 5.02 Å². The summed E-state index contributed by atoms with van der Waals surface area (Å²) in [5.41, 5.74) is 5.13. The van der Waals surface area contributed by atoms with E-state index in [1.165, 1.54) is 5.56 Å². The molecule has 0 amide bonds. The minimum absolute atomic E-state index is 0. The molecule has 30 heavy (non-hydrogen) atoms. The second kappa shape index (κ2) is 9.70. The summed E-state index contributed by atoms with van der Waals surface area (Å²) in [5, 5.41) is 0.712. The number of halogens is 2. The predicted octanol–water partition coefficient (Wildman–Crippen LogP) is 6.71. The molecule has 0 saturated heterocycles. The Morgan fingerprint density at radius 1 is 0.967 bits per heavy atom. The second-order valence-electron chi connectivity index (χ2n) is 6.79. The van der Waals surface area contributed by atoms with Crippen LogP contribution in [0.1, 0.15) is 11.1 Å². The lowest BCUT2D eigenvalue weighted by molar-refractivity contribution is 0.304. The monoisotopic (exact) mass is 440 g/mol. The zero-order chi connectivity index (χ0) is 20.2. The first-order valence-electron chi connectivity index (χ1n) is 9.30. The van der Waals surface area contributed by atoms with Crippen LogP contribution in [0.3, 0.4) is 0 Å². The molecular weight excluding hydrogens is 419 g/mol. The van der Waals surface area contributed by atoms with E-state index >= 15 is 0 Å². The molecule has 0 atom stereocenters. The number of hydrogen-bond acceptors (Lipinski definition) is 3. The Morgan fingerprint density at radius 3 is 2.40 bits per heavy atom. The van der Waals surface area contributed by atoms with Crippen LogP contribution in [0, 0.1) is 6.92 Å². The summed E-state index contributed by atoms with van der Waals surface area (Å²) in [6.07, 6.45) is 1.82. The van der Waals surface area contributed by atoms with Crippen molar-refractivity contribution < 1.29 is 9.47 Å². The largest absolute Gasteiger partial charge is 0.496 e. The van der Waals surface area contributed by atoms with E-state index in [0.717, 1.165) is 39.7 Å². The Morgan fingerprint density at radius 2 is 1.70 bits per heavy atom. The molecule has 0 unspecified atom stereocenters. The summed E-state index contributed by atoms with van der Waals surface area (Å²) in [4.78, 5) is 7.90. The zero-order valence-corrected chi connectivity index (χ0v) is 18.3. The van der Waals surface area contributed by atoms with Crippen molar-refractivity contribution in [3.8, 4) is 34.1 Å². The van der Waals surface area contributed by atoms with Crippen molar-refractivity contribution in [2.24, 2.45) is 0 Å². The third kappa shape index (κ3) is 4.96. The maximum Gasteiger partial charge on any atom is 0.137 e. The van der Waals surface area contributed by atoms with Crippen molar-refractivity contribution in [2.75, 3.05) is 7.11 Å². The fraction of sp³-hybridized carbons (Fsp3) is 0.125.